The molecule has 1 aliphatic heterocycles. The quantitative estimate of drug-likeness (QED) is 0.635. The molecule has 2 aromatic rings. The maximum atomic E-state index is 13.4. The molecule has 0 radical (unpaired) electrons. The van der Waals surface area contributed by atoms with E-state index in [9.17, 15) is 17.6 Å². The van der Waals surface area contributed by atoms with Crippen molar-refractivity contribution in [1.29, 1.82) is 0 Å². The largest absolute Gasteiger partial charge is 0.492 e. The highest BCUT2D eigenvalue weighted by molar-refractivity contribution is 6.31. The first-order valence-electron chi connectivity index (χ1n) is 9.00. The molecule has 0 spiro atoms. The topological polar surface area (TPSA) is 15.7 Å². The molecule has 0 unspecified atom stereocenters. The fraction of sp³-hybridized carbons (Fsp3) is 0.400. The van der Waals surface area contributed by atoms with Gasteiger partial charge in [-0.2, -0.15) is 13.2 Å². The van der Waals surface area contributed by atoms with Gasteiger partial charge in [-0.05, 0) is 42.0 Å². The Labute approximate surface area is 166 Å². The molecule has 0 aliphatic carbocycles. The summed E-state index contributed by atoms with van der Waals surface area (Å²) in [6.07, 6.45) is -4.37. The van der Waals surface area contributed by atoms with E-state index < -0.39 is 11.7 Å². The summed E-state index contributed by atoms with van der Waals surface area (Å²) >= 11 is 6.12. The zero-order valence-corrected chi connectivity index (χ0v) is 15.9. The van der Waals surface area contributed by atoms with Gasteiger partial charge in [-0.1, -0.05) is 17.7 Å². The Balaban J connectivity index is 1.42. The summed E-state index contributed by atoms with van der Waals surface area (Å²) in [7, 11) is 0. The van der Waals surface area contributed by atoms with Crippen molar-refractivity contribution in [3.63, 3.8) is 0 Å². The van der Waals surface area contributed by atoms with Crippen LogP contribution in [-0.4, -0.2) is 49.1 Å². The van der Waals surface area contributed by atoms with Crippen LogP contribution in [-0.2, 0) is 12.7 Å². The van der Waals surface area contributed by atoms with Crippen molar-refractivity contribution >= 4 is 11.6 Å². The minimum atomic E-state index is -4.37. The summed E-state index contributed by atoms with van der Waals surface area (Å²) in [6, 6.07) is 9.27. The molecule has 0 N–H and O–H groups in total. The lowest BCUT2D eigenvalue weighted by Gasteiger charge is -2.34. The number of nitrogens with zero attached hydrogens (tertiary/aromatic N) is 2. The van der Waals surface area contributed by atoms with Gasteiger partial charge in [0.1, 0.15) is 18.2 Å². The zero-order chi connectivity index (χ0) is 20.1. The van der Waals surface area contributed by atoms with E-state index >= 15 is 0 Å². The molecule has 1 aliphatic rings. The Morgan fingerprint density at radius 3 is 2.39 bits per heavy atom. The molecule has 0 amide bonds. The van der Waals surface area contributed by atoms with Crippen molar-refractivity contribution in [3.05, 3.63) is 64.4 Å². The number of halogens is 5. The Hall–Kier alpha value is -1.83. The van der Waals surface area contributed by atoms with Gasteiger partial charge in [-0.3, -0.25) is 9.80 Å². The third-order valence-electron chi connectivity index (χ3n) is 4.70. The van der Waals surface area contributed by atoms with Crippen LogP contribution in [0.25, 0.3) is 0 Å². The summed E-state index contributed by atoms with van der Waals surface area (Å²) in [5.41, 5.74) is 0.0534. The van der Waals surface area contributed by atoms with Crippen LogP contribution < -0.4 is 4.74 Å². The first-order valence-corrected chi connectivity index (χ1v) is 9.38. The van der Waals surface area contributed by atoms with Crippen molar-refractivity contribution in [2.45, 2.75) is 12.7 Å². The molecule has 1 heterocycles. The Kier molecular flexibility index (Phi) is 6.80. The van der Waals surface area contributed by atoms with E-state index in [0.29, 0.717) is 24.7 Å². The van der Waals surface area contributed by atoms with E-state index in [0.717, 1.165) is 43.9 Å². The van der Waals surface area contributed by atoms with Crippen LogP contribution in [0.5, 0.6) is 5.75 Å². The maximum absolute atomic E-state index is 13.4. The van der Waals surface area contributed by atoms with Crippen LogP contribution in [0.1, 0.15) is 11.1 Å². The number of alkyl halides is 3. The zero-order valence-electron chi connectivity index (χ0n) is 15.2. The van der Waals surface area contributed by atoms with Crippen molar-refractivity contribution < 1.29 is 22.3 Å². The molecule has 3 rings (SSSR count). The summed E-state index contributed by atoms with van der Waals surface area (Å²) in [4.78, 5) is 4.39. The highest BCUT2D eigenvalue weighted by atomic mass is 35.5. The predicted octanol–water partition coefficient (Wildman–Crippen LogP) is 4.69. The minimum absolute atomic E-state index is 0.217. The van der Waals surface area contributed by atoms with E-state index in [1.807, 2.05) is 0 Å². The highest BCUT2D eigenvalue weighted by Crippen LogP contribution is 2.31. The van der Waals surface area contributed by atoms with Gasteiger partial charge in [0.05, 0.1) is 5.56 Å². The number of hydrogen-bond acceptors (Lipinski definition) is 3. The van der Waals surface area contributed by atoms with E-state index in [-0.39, 0.29) is 11.6 Å². The molecule has 0 bridgehead atoms. The van der Waals surface area contributed by atoms with Crippen LogP contribution in [0.2, 0.25) is 5.02 Å². The number of hydrogen-bond donors (Lipinski definition) is 0. The van der Waals surface area contributed by atoms with Crippen LogP contribution in [0, 0.1) is 5.82 Å². The molecule has 28 heavy (non-hydrogen) atoms. The lowest BCUT2D eigenvalue weighted by Crippen LogP contribution is -2.47. The monoisotopic (exact) mass is 416 g/mol. The minimum Gasteiger partial charge on any atom is -0.492 e. The van der Waals surface area contributed by atoms with Gasteiger partial charge in [-0.15, -0.1) is 0 Å². The molecule has 0 aromatic heterocycles. The van der Waals surface area contributed by atoms with Gasteiger partial charge in [0.25, 0.3) is 0 Å². The van der Waals surface area contributed by atoms with E-state index in [1.165, 1.54) is 24.3 Å². The molecular weight excluding hydrogens is 396 g/mol. The molecule has 1 saturated heterocycles. The smallest absolute Gasteiger partial charge is 0.416 e. The third-order valence-corrected chi connectivity index (χ3v) is 5.07. The molecule has 2 aromatic carbocycles. The molecule has 1 fully saturated rings. The van der Waals surface area contributed by atoms with Crippen molar-refractivity contribution in [2.24, 2.45) is 0 Å². The standard InChI is InChI=1S/C20H21ClF4N2O/c21-19-5-4-17(22)12-15(19)14-27-8-6-26(7-9-27)10-11-28-18-3-1-2-16(13-18)20(23,24)25/h1-5,12-13H,6-11,14H2. The SMILES string of the molecule is Fc1ccc(Cl)c(CN2CCN(CCOc3cccc(C(F)(F)F)c3)CC2)c1. The average molecular weight is 417 g/mol. The van der Waals surface area contributed by atoms with E-state index in [1.54, 1.807) is 6.07 Å². The van der Waals surface area contributed by atoms with Crippen LogP contribution in [0.15, 0.2) is 42.5 Å². The van der Waals surface area contributed by atoms with Crippen molar-refractivity contribution in [2.75, 3.05) is 39.3 Å². The number of rotatable bonds is 6. The van der Waals surface area contributed by atoms with Gasteiger partial charge in [0.15, 0.2) is 0 Å². The Morgan fingerprint density at radius 1 is 0.964 bits per heavy atom. The third kappa shape index (κ3) is 5.83. The first-order chi connectivity index (χ1) is 13.3. The second-order valence-electron chi connectivity index (χ2n) is 6.73. The van der Waals surface area contributed by atoms with Gasteiger partial charge < -0.3 is 4.74 Å². The number of benzene rings is 2. The number of piperazine rings is 1. The molecule has 3 nitrogen and oxygen atoms in total. The second-order valence-corrected chi connectivity index (χ2v) is 7.13. The van der Waals surface area contributed by atoms with Gasteiger partial charge >= 0.3 is 6.18 Å². The Bertz CT molecular complexity index is 792. The second kappa shape index (κ2) is 9.11. The van der Waals surface area contributed by atoms with Gasteiger partial charge in [0, 0.05) is 44.3 Å². The van der Waals surface area contributed by atoms with Crippen LogP contribution in [0.3, 0.4) is 0 Å². The van der Waals surface area contributed by atoms with Crippen LogP contribution >= 0.6 is 11.6 Å². The Morgan fingerprint density at radius 2 is 1.68 bits per heavy atom. The first kappa shape index (κ1) is 20.9. The van der Waals surface area contributed by atoms with E-state index in [2.05, 4.69) is 9.80 Å². The summed E-state index contributed by atoms with van der Waals surface area (Å²) in [5, 5.41) is 0.554. The molecule has 0 atom stereocenters. The fourth-order valence-corrected chi connectivity index (χ4v) is 3.31. The lowest BCUT2D eigenvalue weighted by atomic mass is 10.2. The van der Waals surface area contributed by atoms with Gasteiger partial charge in [-0.25, -0.2) is 4.39 Å². The average Bonchev–Trinajstić information content (AvgIpc) is 2.66. The van der Waals surface area contributed by atoms with Crippen molar-refractivity contribution in [3.8, 4) is 5.75 Å². The fourth-order valence-electron chi connectivity index (χ4n) is 3.13. The number of ether oxygens (including phenoxy) is 1. The lowest BCUT2D eigenvalue weighted by molar-refractivity contribution is -0.137. The molecule has 152 valence electrons. The highest BCUT2D eigenvalue weighted by Gasteiger charge is 2.30. The van der Waals surface area contributed by atoms with E-state index in [4.69, 9.17) is 16.3 Å². The van der Waals surface area contributed by atoms with Crippen molar-refractivity contribution in [1.82, 2.24) is 9.80 Å². The summed E-state index contributed by atoms with van der Waals surface area (Å²) in [6.45, 7) is 4.75. The molecule has 8 heteroatoms. The predicted molar refractivity (Wildman–Crippen MR) is 100 cm³/mol. The molecular formula is C20H21ClF4N2O. The normalized spacial score (nSPS) is 16.3. The molecule has 0 saturated carbocycles. The van der Waals surface area contributed by atoms with Crippen LogP contribution in [0.4, 0.5) is 17.6 Å². The maximum Gasteiger partial charge on any atom is 0.416 e. The summed E-state index contributed by atoms with van der Waals surface area (Å²) < 4.78 is 57.0. The summed E-state index contributed by atoms with van der Waals surface area (Å²) in [5.74, 6) is -0.0843. The van der Waals surface area contributed by atoms with Gasteiger partial charge in [0.2, 0.25) is 0 Å².